The lowest BCUT2D eigenvalue weighted by Gasteiger charge is -2.25. The maximum absolute atomic E-state index is 12.2. The molecule has 1 aliphatic heterocycles. The summed E-state index contributed by atoms with van der Waals surface area (Å²) in [6, 6.07) is 7.95. The van der Waals surface area contributed by atoms with Crippen LogP contribution in [0, 0.1) is 5.92 Å². The van der Waals surface area contributed by atoms with E-state index in [0.717, 1.165) is 11.0 Å². The molecular formula is C15H14N4O. The molecule has 0 spiro atoms. The van der Waals surface area contributed by atoms with Gasteiger partial charge in [0.15, 0.2) is 0 Å². The molecule has 2 unspecified atom stereocenters. The molecule has 0 saturated carbocycles. The minimum atomic E-state index is 0.149. The molecular weight excluding hydrogens is 252 g/mol. The first-order valence-electron chi connectivity index (χ1n) is 6.75. The number of hydrogen-bond donors (Lipinski definition) is 0. The van der Waals surface area contributed by atoms with Crippen molar-refractivity contribution >= 4 is 16.9 Å². The average molecular weight is 266 g/mol. The van der Waals surface area contributed by atoms with Crippen molar-refractivity contribution < 1.29 is 4.79 Å². The molecule has 1 aliphatic carbocycles. The Morgan fingerprint density at radius 1 is 1.20 bits per heavy atom. The highest BCUT2D eigenvalue weighted by molar-refractivity contribution is 5.80. The number of allylic oxidation sites excluding steroid dienone is 2. The number of nitrogens with zero attached hydrogens (tertiary/aromatic N) is 4. The Labute approximate surface area is 116 Å². The average Bonchev–Trinajstić information content (AvgIpc) is 3.02. The number of carbonyl (C=O) groups is 1. The van der Waals surface area contributed by atoms with Gasteiger partial charge in [0.25, 0.3) is 0 Å². The van der Waals surface area contributed by atoms with Crippen molar-refractivity contribution in [1.29, 1.82) is 0 Å². The van der Waals surface area contributed by atoms with Crippen LogP contribution in [0.15, 0.2) is 48.6 Å². The van der Waals surface area contributed by atoms with Crippen LogP contribution < -0.4 is 0 Å². The monoisotopic (exact) mass is 266 g/mol. The Hall–Kier alpha value is -2.43. The highest BCUT2D eigenvalue weighted by Gasteiger charge is 2.37. The normalized spacial score (nSPS) is 24.6. The zero-order chi connectivity index (χ0) is 13.5. The molecule has 20 heavy (non-hydrogen) atoms. The molecule has 2 atom stereocenters. The number of rotatable bonds is 2. The SMILES string of the molecule is O=C1CC2C=CC=CC2N1Cn1nnc2ccccc21. The fraction of sp³-hybridized carbons (Fsp3) is 0.267. The van der Waals surface area contributed by atoms with Gasteiger partial charge in [-0.25, -0.2) is 4.68 Å². The zero-order valence-corrected chi connectivity index (χ0v) is 10.9. The van der Waals surface area contributed by atoms with Gasteiger partial charge in [-0.15, -0.1) is 5.10 Å². The molecule has 1 fully saturated rings. The van der Waals surface area contributed by atoms with Crippen LogP contribution in [0.2, 0.25) is 0 Å². The lowest BCUT2D eigenvalue weighted by molar-refractivity contribution is -0.130. The summed E-state index contributed by atoms with van der Waals surface area (Å²) >= 11 is 0. The summed E-state index contributed by atoms with van der Waals surface area (Å²) in [6.07, 6.45) is 8.81. The molecule has 1 amide bonds. The molecule has 5 heteroatoms. The lowest BCUT2D eigenvalue weighted by Crippen LogP contribution is -2.36. The van der Waals surface area contributed by atoms with Crippen molar-refractivity contribution in [3.05, 3.63) is 48.6 Å². The summed E-state index contributed by atoms with van der Waals surface area (Å²) in [7, 11) is 0. The summed E-state index contributed by atoms with van der Waals surface area (Å²) in [4.78, 5) is 14.1. The zero-order valence-electron chi connectivity index (χ0n) is 10.9. The predicted molar refractivity (Wildman–Crippen MR) is 74.5 cm³/mol. The summed E-state index contributed by atoms with van der Waals surface area (Å²) in [5, 5.41) is 8.29. The first-order valence-corrected chi connectivity index (χ1v) is 6.75. The van der Waals surface area contributed by atoms with Crippen LogP contribution in [0.25, 0.3) is 11.0 Å². The minimum Gasteiger partial charge on any atom is -0.316 e. The summed E-state index contributed by atoms with van der Waals surface area (Å²) < 4.78 is 1.79. The Morgan fingerprint density at radius 3 is 3.00 bits per heavy atom. The van der Waals surface area contributed by atoms with E-state index >= 15 is 0 Å². The summed E-state index contributed by atoms with van der Waals surface area (Å²) in [5.41, 5.74) is 1.81. The van der Waals surface area contributed by atoms with E-state index in [9.17, 15) is 4.79 Å². The topological polar surface area (TPSA) is 51.0 Å². The van der Waals surface area contributed by atoms with Gasteiger partial charge in [-0.3, -0.25) is 4.79 Å². The highest BCUT2D eigenvalue weighted by Crippen LogP contribution is 2.30. The molecule has 4 rings (SSSR count). The van der Waals surface area contributed by atoms with Gasteiger partial charge in [0.05, 0.1) is 11.6 Å². The first kappa shape index (κ1) is 11.4. The summed E-state index contributed by atoms with van der Waals surface area (Å²) in [5.74, 6) is 0.470. The quantitative estimate of drug-likeness (QED) is 0.831. The van der Waals surface area contributed by atoms with Gasteiger partial charge in [-0.2, -0.15) is 0 Å². The smallest absolute Gasteiger partial charge is 0.225 e. The van der Waals surface area contributed by atoms with Gasteiger partial charge in [0.2, 0.25) is 5.91 Å². The van der Waals surface area contributed by atoms with Crippen molar-refractivity contribution in [3.63, 3.8) is 0 Å². The Bertz CT molecular complexity index is 730. The lowest BCUT2D eigenvalue weighted by atomic mass is 9.96. The first-order chi connectivity index (χ1) is 9.83. The molecule has 0 radical (unpaired) electrons. The second-order valence-electron chi connectivity index (χ2n) is 5.21. The van der Waals surface area contributed by atoms with Gasteiger partial charge in [-0.1, -0.05) is 41.7 Å². The van der Waals surface area contributed by atoms with Gasteiger partial charge in [0.1, 0.15) is 12.2 Å². The molecule has 2 aliphatic rings. The number of carbonyl (C=O) groups excluding carboxylic acids is 1. The van der Waals surface area contributed by atoms with Crippen LogP contribution in [0.3, 0.4) is 0 Å². The molecule has 1 saturated heterocycles. The minimum absolute atomic E-state index is 0.149. The number of amides is 1. The molecule has 2 heterocycles. The fourth-order valence-electron chi connectivity index (χ4n) is 2.99. The van der Waals surface area contributed by atoms with E-state index in [1.807, 2.05) is 41.3 Å². The third-order valence-corrected chi connectivity index (χ3v) is 4.01. The number of aromatic nitrogens is 3. The number of hydrogen-bond acceptors (Lipinski definition) is 3. The molecule has 1 aromatic heterocycles. The van der Waals surface area contributed by atoms with Crippen molar-refractivity contribution in [3.8, 4) is 0 Å². The van der Waals surface area contributed by atoms with Crippen LogP contribution in [0.1, 0.15) is 6.42 Å². The predicted octanol–water partition coefficient (Wildman–Crippen LogP) is 1.73. The second-order valence-corrected chi connectivity index (χ2v) is 5.21. The highest BCUT2D eigenvalue weighted by atomic mass is 16.2. The van der Waals surface area contributed by atoms with E-state index in [-0.39, 0.29) is 11.9 Å². The molecule has 2 aromatic rings. The fourth-order valence-corrected chi connectivity index (χ4v) is 2.99. The van der Waals surface area contributed by atoms with Crippen molar-refractivity contribution in [2.24, 2.45) is 5.92 Å². The van der Waals surface area contributed by atoms with E-state index in [1.54, 1.807) is 4.68 Å². The van der Waals surface area contributed by atoms with Gasteiger partial charge >= 0.3 is 0 Å². The number of para-hydroxylation sites is 1. The molecule has 100 valence electrons. The van der Waals surface area contributed by atoms with Crippen LogP contribution >= 0.6 is 0 Å². The van der Waals surface area contributed by atoms with Crippen LogP contribution in [-0.2, 0) is 11.5 Å². The number of fused-ring (bicyclic) bond motifs is 2. The van der Waals surface area contributed by atoms with Crippen LogP contribution in [-0.4, -0.2) is 31.8 Å². The maximum atomic E-state index is 12.2. The van der Waals surface area contributed by atoms with Crippen molar-refractivity contribution in [1.82, 2.24) is 19.9 Å². The molecule has 5 nitrogen and oxygen atoms in total. The van der Waals surface area contributed by atoms with E-state index in [0.29, 0.717) is 19.0 Å². The number of benzene rings is 1. The van der Waals surface area contributed by atoms with E-state index in [4.69, 9.17) is 0 Å². The molecule has 0 bridgehead atoms. The van der Waals surface area contributed by atoms with Crippen LogP contribution in [0.5, 0.6) is 0 Å². The van der Waals surface area contributed by atoms with E-state index in [2.05, 4.69) is 22.5 Å². The van der Waals surface area contributed by atoms with E-state index < -0.39 is 0 Å². The van der Waals surface area contributed by atoms with Gasteiger partial charge in [0, 0.05) is 12.3 Å². The second kappa shape index (κ2) is 4.30. The van der Waals surface area contributed by atoms with Crippen LogP contribution in [0.4, 0.5) is 0 Å². The molecule has 1 aromatic carbocycles. The standard InChI is InChI=1S/C15H14N4O/c20-15-9-11-5-1-3-7-13(11)18(15)10-19-14-8-4-2-6-12(14)16-17-19/h1-8,11,13H,9-10H2. The molecule has 0 N–H and O–H groups in total. The number of likely N-dealkylation sites (tertiary alicyclic amines) is 1. The van der Waals surface area contributed by atoms with Crippen molar-refractivity contribution in [2.75, 3.05) is 0 Å². The Morgan fingerprint density at radius 2 is 2.05 bits per heavy atom. The largest absolute Gasteiger partial charge is 0.316 e. The third-order valence-electron chi connectivity index (χ3n) is 4.01. The van der Waals surface area contributed by atoms with Gasteiger partial charge < -0.3 is 4.90 Å². The third kappa shape index (κ3) is 1.66. The Balaban J connectivity index is 1.67. The maximum Gasteiger partial charge on any atom is 0.225 e. The van der Waals surface area contributed by atoms with Gasteiger partial charge in [-0.05, 0) is 12.1 Å². The Kier molecular flexibility index (Phi) is 2.45. The van der Waals surface area contributed by atoms with E-state index in [1.165, 1.54) is 0 Å². The summed E-state index contributed by atoms with van der Waals surface area (Å²) in [6.45, 7) is 0.457. The van der Waals surface area contributed by atoms with Crippen molar-refractivity contribution in [2.45, 2.75) is 19.1 Å².